The van der Waals surface area contributed by atoms with Gasteiger partial charge in [0.15, 0.2) is 0 Å². The fourth-order valence-corrected chi connectivity index (χ4v) is 3.36. The second-order valence-electron chi connectivity index (χ2n) is 6.18. The molecule has 0 aromatic heterocycles. The van der Waals surface area contributed by atoms with Crippen LogP contribution in [-0.4, -0.2) is 17.6 Å². The average Bonchev–Trinajstić information content (AvgIpc) is 2.55. The molecule has 2 N–H and O–H groups in total. The lowest BCUT2D eigenvalue weighted by atomic mass is 9.76. The smallest absolute Gasteiger partial charge is 0.329 e. The number of hydrogen-bond acceptors (Lipinski definition) is 3. The van der Waals surface area contributed by atoms with Crippen molar-refractivity contribution < 1.29 is 27.6 Å². The molecule has 1 aromatic rings. The number of carbonyl (C=O) groups is 3. The van der Waals surface area contributed by atoms with E-state index in [9.17, 15) is 27.6 Å². The molecule has 1 aliphatic carbocycles. The van der Waals surface area contributed by atoms with Crippen molar-refractivity contribution in [3.05, 3.63) is 40.6 Å². The zero-order chi connectivity index (χ0) is 19.1. The highest BCUT2D eigenvalue weighted by Crippen LogP contribution is 2.36. The van der Waals surface area contributed by atoms with Gasteiger partial charge in [-0.3, -0.25) is 14.4 Å². The second-order valence-corrected chi connectivity index (χ2v) is 6.59. The number of alkyl halides is 3. The predicted molar refractivity (Wildman–Crippen MR) is 87.1 cm³/mol. The summed E-state index contributed by atoms with van der Waals surface area (Å²) in [4.78, 5) is 36.7. The first-order valence-electron chi connectivity index (χ1n) is 7.87. The zero-order valence-corrected chi connectivity index (χ0v) is 14.1. The first-order valence-corrected chi connectivity index (χ1v) is 8.25. The largest absolute Gasteiger partial charge is 0.416 e. The molecule has 0 unspecified atom stereocenters. The molecule has 2 amide bonds. The molecule has 2 aliphatic rings. The van der Waals surface area contributed by atoms with Crippen LogP contribution in [0.3, 0.4) is 0 Å². The Labute approximate surface area is 151 Å². The summed E-state index contributed by atoms with van der Waals surface area (Å²) in [5.41, 5.74) is -0.799. The van der Waals surface area contributed by atoms with Crippen molar-refractivity contribution in [3.8, 4) is 0 Å². The van der Waals surface area contributed by atoms with Crippen molar-refractivity contribution >= 4 is 34.9 Å². The first kappa shape index (κ1) is 18.4. The van der Waals surface area contributed by atoms with Gasteiger partial charge in [-0.15, -0.1) is 0 Å². The predicted octanol–water partition coefficient (Wildman–Crippen LogP) is 3.30. The van der Waals surface area contributed by atoms with E-state index in [2.05, 4.69) is 10.6 Å². The third-order valence-corrected chi connectivity index (χ3v) is 4.75. The number of benzene rings is 1. The van der Waals surface area contributed by atoms with Crippen molar-refractivity contribution in [2.75, 3.05) is 5.32 Å². The van der Waals surface area contributed by atoms with Crippen molar-refractivity contribution in [1.29, 1.82) is 0 Å². The van der Waals surface area contributed by atoms with Gasteiger partial charge in [0, 0.05) is 18.5 Å². The van der Waals surface area contributed by atoms with Gasteiger partial charge in [0.1, 0.15) is 5.78 Å². The van der Waals surface area contributed by atoms with Gasteiger partial charge in [-0.2, -0.15) is 13.2 Å². The van der Waals surface area contributed by atoms with E-state index in [0.29, 0.717) is 12.1 Å². The number of allylic oxidation sites excluding steroid dienone is 2. The van der Waals surface area contributed by atoms with E-state index >= 15 is 0 Å². The van der Waals surface area contributed by atoms with Crippen LogP contribution >= 0.6 is 11.6 Å². The van der Waals surface area contributed by atoms with Crippen LogP contribution in [0.4, 0.5) is 18.9 Å². The fourth-order valence-electron chi connectivity index (χ4n) is 3.19. The molecule has 0 saturated carbocycles. The lowest BCUT2D eigenvalue weighted by Gasteiger charge is -2.34. The number of nitrogens with one attached hydrogen (secondary N) is 2. The Morgan fingerprint density at radius 3 is 2.69 bits per heavy atom. The molecule has 1 aliphatic heterocycles. The molecule has 0 radical (unpaired) electrons. The Morgan fingerprint density at radius 1 is 1.27 bits per heavy atom. The Hall–Kier alpha value is -2.35. The Balaban J connectivity index is 1.87. The number of anilines is 1. The van der Waals surface area contributed by atoms with E-state index in [1.807, 2.05) is 0 Å². The van der Waals surface area contributed by atoms with Crippen molar-refractivity contribution in [3.63, 3.8) is 0 Å². The molecule has 0 spiro atoms. The molecule has 3 rings (SSSR count). The minimum atomic E-state index is -4.59. The van der Waals surface area contributed by atoms with Crippen LogP contribution in [0.25, 0.3) is 0 Å². The average molecular weight is 387 g/mol. The normalized spacial score (nSPS) is 23.0. The molecule has 1 heterocycles. The summed E-state index contributed by atoms with van der Waals surface area (Å²) in [5.74, 6) is -3.11. The minimum Gasteiger partial charge on any atom is -0.329 e. The Kier molecular flexibility index (Phi) is 4.79. The number of amides is 2. The lowest BCUT2D eigenvalue weighted by Crippen LogP contribution is -2.47. The summed E-state index contributed by atoms with van der Waals surface area (Å²) >= 11 is 5.88. The maximum atomic E-state index is 12.9. The maximum Gasteiger partial charge on any atom is 0.416 e. The molecular weight excluding hydrogens is 373 g/mol. The monoisotopic (exact) mass is 386 g/mol. The molecule has 2 atom stereocenters. The van der Waals surface area contributed by atoms with Crippen LogP contribution in [0.1, 0.15) is 24.8 Å². The van der Waals surface area contributed by atoms with Crippen LogP contribution in [0.15, 0.2) is 30.0 Å². The zero-order valence-electron chi connectivity index (χ0n) is 13.3. The second kappa shape index (κ2) is 6.75. The summed E-state index contributed by atoms with van der Waals surface area (Å²) < 4.78 is 38.6. The van der Waals surface area contributed by atoms with Gasteiger partial charge in [-0.25, -0.2) is 0 Å². The highest BCUT2D eigenvalue weighted by Gasteiger charge is 2.43. The highest BCUT2D eigenvalue weighted by molar-refractivity contribution is 6.33. The van der Waals surface area contributed by atoms with Crippen molar-refractivity contribution in [2.45, 2.75) is 25.4 Å². The molecule has 5 nitrogen and oxygen atoms in total. The number of halogens is 4. The third-order valence-electron chi connectivity index (χ3n) is 4.42. The van der Waals surface area contributed by atoms with Gasteiger partial charge >= 0.3 is 6.18 Å². The Bertz CT molecular complexity index is 820. The van der Waals surface area contributed by atoms with Crippen molar-refractivity contribution in [1.82, 2.24) is 5.32 Å². The molecular formula is C17H14ClF3N2O3. The van der Waals surface area contributed by atoms with Crippen LogP contribution in [0.2, 0.25) is 5.02 Å². The fraction of sp³-hybridized carbons (Fsp3) is 0.353. The van der Waals surface area contributed by atoms with E-state index < -0.39 is 35.4 Å². The molecule has 1 fully saturated rings. The molecule has 138 valence electrons. The first-order chi connectivity index (χ1) is 12.2. The van der Waals surface area contributed by atoms with Gasteiger partial charge < -0.3 is 10.6 Å². The van der Waals surface area contributed by atoms with Gasteiger partial charge in [0.25, 0.3) is 0 Å². The molecule has 26 heavy (non-hydrogen) atoms. The topological polar surface area (TPSA) is 75.3 Å². The van der Waals surface area contributed by atoms with Crippen LogP contribution in [0, 0.1) is 11.8 Å². The van der Waals surface area contributed by atoms with Crippen LogP contribution in [-0.2, 0) is 20.6 Å². The minimum absolute atomic E-state index is 0.0719. The molecule has 0 bridgehead atoms. The van der Waals surface area contributed by atoms with E-state index in [-0.39, 0.29) is 29.3 Å². The maximum absolute atomic E-state index is 12.9. The van der Waals surface area contributed by atoms with Gasteiger partial charge in [-0.1, -0.05) is 17.7 Å². The number of hydrogen-bond donors (Lipinski definition) is 2. The summed E-state index contributed by atoms with van der Waals surface area (Å²) in [7, 11) is 0. The summed E-state index contributed by atoms with van der Waals surface area (Å²) in [6.07, 6.45) is -2.41. The summed E-state index contributed by atoms with van der Waals surface area (Å²) in [6.45, 7) is 0. The number of Topliss-reactive ketones (excluding diaryl/α,β-unsaturated/α-hetero) is 1. The summed E-state index contributed by atoms with van der Waals surface area (Å²) in [5, 5.41) is 4.85. The third kappa shape index (κ3) is 3.60. The molecule has 1 aromatic carbocycles. The quantitative estimate of drug-likeness (QED) is 0.819. The number of carbonyl (C=O) groups excluding carboxylic acids is 3. The molecule has 1 saturated heterocycles. The summed E-state index contributed by atoms with van der Waals surface area (Å²) in [6, 6.07) is 2.56. The molecule has 9 heteroatoms. The van der Waals surface area contributed by atoms with E-state index in [4.69, 9.17) is 11.6 Å². The standard InChI is InChI=1S/C17H14ClF3N2O3/c18-10-5-4-8(17(19,20)21)6-12(10)23-16(26)9-7-14(25)22-11-2-1-3-13(24)15(9)11/h2,4-6,9,15H,1,3,7H2,(H,22,25)(H,23,26)/t9-,15-/m0/s1. The highest BCUT2D eigenvalue weighted by atomic mass is 35.5. The van der Waals surface area contributed by atoms with E-state index in [1.165, 1.54) is 0 Å². The van der Waals surface area contributed by atoms with E-state index in [0.717, 1.165) is 18.2 Å². The SMILES string of the molecule is O=C1C[C@H](C(=O)Nc2cc(C(F)(F)F)ccc2Cl)[C@@H]2C(=O)CCC=C2N1. The lowest BCUT2D eigenvalue weighted by molar-refractivity contribution is -0.137. The Morgan fingerprint density at radius 2 is 2.00 bits per heavy atom. The van der Waals surface area contributed by atoms with Gasteiger partial charge in [-0.05, 0) is 24.6 Å². The van der Waals surface area contributed by atoms with Gasteiger partial charge in [0.05, 0.1) is 28.1 Å². The van der Waals surface area contributed by atoms with Crippen LogP contribution in [0.5, 0.6) is 0 Å². The van der Waals surface area contributed by atoms with Crippen LogP contribution < -0.4 is 10.6 Å². The number of ketones is 1. The number of fused-ring (bicyclic) bond motifs is 1. The number of piperidine rings is 1. The number of rotatable bonds is 2. The van der Waals surface area contributed by atoms with E-state index in [1.54, 1.807) is 6.08 Å². The van der Waals surface area contributed by atoms with Crippen molar-refractivity contribution in [2.24, 2.45) is 11.8 Å². The van der Waals surface area contributed by atoms with Gasteiger partial charge in [0.2, 0.25) is 11.8 Å².